The molecule has 0 amide bonds. The van der Waals surface area contributed by atoms with Crippen LogP contribution >= 0.6 is 11.8 Å². The molecule has 4 nitrogen and oxygen atoms in total. The van der Waals surface area contributed by atoms with Crippen LogP contribution in [0, 0.1) is 0 Å². The summed E-state index contributed by atoms with van der Waals surface area (Å²) in [4.78, 5) is 1.36. The Morgan fingerprint density at radius 2 is 1.70 bits per heavy atom. The fourth-order valence-corrected chi connectivity index (χ4v) is 4.86. The van der Waals surface area contributed by atoms with Gasteiger partial charge in [-0.15, -0.1) is 11.8 Å². The topological polar surface area (TPSA) is 52.6 Å². The van der Waals surface area contributed by atoms with E-state index in [1.807, 2.05) is 24.3 Å². The first-order valence-electron chi connectivity index (χ1n) is 7.45. The monoisotopic (exact) mass is 350 g/mol. The van der Waals surface area contributed by atoms with Crippen molar-refractivity contribution < 1.29 is 17.9 Å². The summed E-state index contributed by atoms with van der Waals surface area (Å²) < 4.78 is 35.7. The molecule has 0 fully saturated rings. The van der Waals surface area contributed by atoms with E-state index in [4.69, 9.17) is 9.47 Å². The van der Waals surface area contributed by atoms with Crippen LogP contribution in [0.5, 0.6) is 11.5 Å². The van der Waals surface area contributed by atoms with E-state index < -0.39 is 9.84 Å². The summed E-state index contributed by atoms with van der Waals surface area (Å²) in [5.74, 6) is 2.09. The number of ether oxygens (including phenoxy) is 2. The Morgan fingerprint density at radius 1 is 0.957 bits per heavy atom. The van der Waals surface area contributed by atoms with E-state index in [2.05, 4.69) is 0 Å². The summed E-state index contributed by atoms with van der Waals surface area (Å²) in [7, 11) is -3.23. The van der Waals surface area contributed by atoms with E-state index in [9.17, 15) is 8.42 Å². The molecule has 2 aromatic carbocycles. The molecule has 0 saturated carbocycles. The molecule has 1 heterocycles. The summed E-state index contributed by atoms with van der Waals surface area (Å²) in [5.41, 5.74) is 0. The number of rotatable bonds is 5. The van der Waals surface area contributed by atoms with Gasteiger partial charge in [-0.1, -0.05) is 18.2 Å². The maximum Gasteiger partial charge on any atom is 0.179 e. The highest BCUT2D eigenvalue weighted by molar-refractivity contribution is 8.00. The van der Waals surface area contributed by atoms with Crippen molar-refractivity contribution in [3.63, 3.8) is 0 Å². The minimum absolute atomic E-state index is 0.107. The van der Waals surface area contributed by atoms with Crippen molar-refractivity contribution in [3.05, 3.63) is 48.5 Å². The SMILES string of the molecule is O=S(=O)(CCSc1ccc2c(c1)OCCCO2)c1ccccc1. The molecule has 0 bridgehead atoms. The molecule has 1 aliphatic heterocycles. The second-order valence-corrected chi connectivity index (χ2v) is 8.42. The fraction of sp³-hybridized carbons (Fsp3) is 0.294. The molecular weight excluding hydrogens is 332 g/mol. The molecule has 0 radical (unpaired) electrons. The highest BCUT2D eigenvalue weighted by Crippen LogP contribution is 2.34. The van der Waals surface area contributed by atoms with Crippen molar-refractivity contribution in [1.82, 2.24) is 0 Å². The molecule has 2 aromatic rings. The molecule has 23 heavy (non-hydrogen) atoms. The molecular formula is C17H18O4S2. The summed E-state index contributed by atoms with van der Waals surface area (Å²) in [6.45, 7) is 1.30. The van der Waals surface area contributed by atoms with Crippen molar-refractivity contribution in [2.75, 3.05) is 24.7 Å². The van der Waals surface area contributed by atoms with Gasteiger partial charge < -0.3 is 9.47 Å². The maximum absolute atomic E-state index is 12.2. The van der Waals surface area contributed by atoms with Gasteiger partial charge >= 0.3 is 0 Å². The van der Waals surface area contributed by atoms with Crippen molar-refractivity contribution in [3.8, 4) is 11.5 Å². The second-order valence-electron chi connectivity index (χ2n) is 5.14. The lowest BCUT2D eigenvalue weighted by Gasteiger charge is -2.09. The first-order chi connectivity index (χ1) is 11.1. The molecule has 0 aliphatic carbocycles. The third-order valence-electron chi connectivity index (χ3n) is 3.44. The van der Waals surface area contributed by atoms with E-state index in [1.54, 1.807) is 24.3 Å². The number of sulfone groups is 1. The molecule has 122 valence electrons. The standard InChI is InChI=1S/C17H18O4S2/c18-23(19,15-5-2-1-3-6-15)12-11-22-14-7-8-16-17(13-14)21-10-4-9-20-16/h1-3,5-8,13H,4,9-12H2. The van der Waals surface area contributed by atoms with Gasteiger partial charge in [0.1, 0.15) is 0 Å². The summed E-state index contributed by atoms with van der Waals surface area (Å²) in [6, 6.07) is 14.3. The van der Waals surface area contributed by atoms with Crippen molar-refractivity contribution in [1.29, 1.82) is 0 Å². The second kappa shape index (κ2) is 7.27. The Bertz CT molecular complexity index is 757. The Kier molecular flexibility index (Phi) is 5.13. The summed E-state index contributed by atoms with van der Waals surface area (Å²) in [6.07, 6.45) is 0.868. The minimum atomic E-state index is -3.23. The molecule has 0 unspecified atom stereocenters. The lowest BCUT2D eigenvalue weighted by atomic mass is 10.3. The van der Waals surface area contributed by atoms with E-state index in [0.29, 0.717) is 23.9 Å². The minimum Gasteiger partial charge on any atom is -0.490 e. The predicted molar refractivity (Wildman–Crippen MR) is 91.3 cm³/mol. The summed E-state index contributed by atoms with van der Waals surface area (Å²) in [5, 5.41) is 0. The zero-order valence-corrected chi connectivity index (χ0v) is 14.2. The molecule has 0 atom stereocenters. The third kappa shape index (κ3) is 4.20. The Hall–Kier alpha value is -1.66. The average Bonchev–Trinajstić information content (AvgIpc) is 2.80. The van der Waals surface area contributed by atoms with Crippen molar-refractivity contribution in [2.45, 2.75) is 16.2 Å². The number of hydrogen-bond acceptors (Lipinski definition) is 5. The van der Waals surface area contributed by atoms with Crippen molar-refractivity contribution >= 4 is 21.6 Å². The van der Waals surface area contributed by atoms with Gasteiger partial charge in [0.2, 0.25) is 0 Å². The first kappa shape index (κ1) is 16.2. The van der Waals surface area contributed by atoms with Crippen LogP contribution in [-0.4, -0.2) is 33.1 Å². The van der Waals surface area contributed by atoms with Gasteiger partial charge in [-0.3, -0.25) is 0 Å². The lowest BCUT2D eigenvalue weighted by molar-refractivity contribution is 0.297. The molecule has 6 heteroatoms. The van der Waals surface area contributed by atoms with Crippen LogP contribution in [-0.2, 0) is 9.84 Å². The number of thioether (sulfide) groups is 1. The smallest absolute Gasteiger partial charge is 0.179 e. The maximum atomic E-state index is 12.2. The van der Waals surface area contributed by atoms with Crippen LogP contribution in [0.2, 0.25) is 0 Å². The normalized spacial score (nSPS) is 14.3. The Labute approximate surface area is 140 Å². The molecule has 3 rings (SSSR count). The van der Waals surface area contributed by atoms with E-state index >= 15 is 0 Å². The van der Waals surface area contributed by atoms with E-state index in [-0.39, 0.29) is 5.75 Å². The molecule has 0 spiro atoms. The van der Waals surface area contributed by atoms with Crippen molar-refractivity contribution in [2.24, 2.45) is 0 Å². The van der Waals surface area contributed by atoms with E-state index in [1.165, 1.54) is 11.8 Å². The van der Waals surface area contributed by atoms with Gasteiger partial charge in [0.25, 0.3) is 0 Å². The zero-order chi connectivity index (χ0) is 16.1. The van der Waals surface area contributed by atoms with E-state index in [0.717, 1.165) is 22.8 Å². The summed E-state index contributed by atoms with van der Waals surface area (Å²) >= 11 is 1.51. The van der Waals surface area contributed by atoms with Gasteiger partial charge in [-0.2, -0.15) is 0 Å². The third-order valence-corrected chi connectivity index (χ3v) is 6.43. The van der Waals surface area contributed by atoms with Crippen LogP contribution in [0.15, 0.2) is 58.3 Å². The van der Waals surface area contributed by atoms with Gasteiger partial charge in [0.15, 0.2) is 21.3 Å². The van der Waals surface area contributed by atoms with Crippen LogP contribution in [0.3, 0.4) is 0 Å². The lowest BCUT2D eigenvalue weighted by Crippen LogP contribution is -2.08. The zero-order valence-electron chi connectivity index (χ0n) is 12.6. The van der Waals surface area contributed by atoms with Crippen LogP contribution in [0.4, 0.5) is 0 Å². The van der Waals surface area contributed by atoms with Gasteiger partial charge in [0.05, 0.1) is 23.9 Å². The van der Waals surface area contributed by atoms with Crippen LogP contribution in [0.25, 0.3) is 0 Å². The number of fused-ring (bicyclic) bond motifs is 1. The number of benzene rings is 2. The molecule has 0 saturated heterocycles. The molecule has 0 N–H and O–H groups in total. The molecule has 0 aromatic heterocycles. The van der Waals surface area contributed by atoms with Gasteiger partial charge in [-0.05, 0) is 30.3 Å². The fourth-order valence-electron chi connectivity index (χ4n) is 2.25. The van der Waals surface area contributed by atoms with Crippen LogP contribution in [0.1, 0.15) is 6.42 Å². The quantitative estimate of drug-likeness (QED) is 0.774. The average molecular weight is 350 g/mol. The number of hydrogen-bond donors (Lipinski definition) is 0. The first-order valence-corrected chi connectivity index (χ1v) is 10.1. The Morgan fingerprint density at radius 3 is 2.48 bits per heavy atom. The van der Waals surface area contributed by atoms with Crippen LogP contribution < -0.4 is 9.47 Å². The van der Waals surface area contributed by atoms with Gasteiger partial charge in [-0.25, -0.2) is 8.42 Å². The van der Waals surface area contributed by atoms with Gasteiger partial charge in [0, 0.05) is 17.1 Å². The molecule has 1 aliphatic rings. The Balaban J connectivity index is 1.62. The highest BCUT2D eigenvalue weighted by atomic mass is 32.2. The highest BCUT2D eigenvalue weighted by Gasteiger charge is 2.15. The largest absolute Gasteiger partial charge is 0.490 e. The predicted octanol–water partition coefficient (Wildman–Crippen LogP) is 3.41.